The van der Waals surface area contributed by atoms with Crippen molar-refractivity contribution in [3.05, 3.63) is 27.6 Å². The van der Waals surface area contributed by atoms with Crippen molar-refractivity contribution in [2.75, 3.05) is 11.3 Å². The van der Waals surface area contributed by atoms with Crippen LogP contribution in [0.25, 0.3) is 0 Å². The van der Waals surface area contributed by atoms with Gasteiger partial charge in [0.15, 0.2) is 0 Å². The molecule has 7 heteroatoms. The lowest BCUT2D eigenvalue weighted by Crippen LogP contribution is -2.44. The standard InChI is InChI=1S/C12H16FIN2O2S/c1-9-4-2-3-7-16(9)19(17,18)15-12-6-5-10(13)8-11(12)14/h5-6,8-9,15H,2-4,7H2,1H3. The Kier molecular flexibility index (Phi) is 4.67. The van der Waals surface area contributed by atoms with Crippen molar-refractivity contribution in [3.8, 4) is 0 Å². The molecule has 4 nitrogen and oxygen atoms in total. The number of nitrogens with zero attached hydrogens (tertiary/aromatic N) is 1. The number of anilines is 1. The van der Waals surface area contributed by atoms with Gasteiger partial charge in [-0.15, -0.1) is 0 Å². The molecule has 1 atom stereocenters. The van der Waals surface area contributed by atoms with Crippen LogP contribution in [-0.4, -0.2) is 25.3 Å². The molecule has 1 aromatic carbocycles. The fourth-order valence-corrected chi connectivity index (χ4v) is 4.52. The molecule has 1 N–H and O–H groups in total. The third-order valence-corrected chi connectivity index (χ3v) is 5.75. The molecule has 0 radical (unpaired) electrons. The van der Waals surface area contributed by atoms with E-state index in [0.717, 1.165) is 19.3 Å². The van der Waals surface area contributed by atoms with E-state index in [4.69, 9.17) is 0 Å². The number of halogens is 2. The molecular formula is C12H16FIN2O2S. The van der Waals surface area contributed by atoms with Gasteiger partial charge in [-0.2, -0.15) is 12.7 Å². The van der Waals surface area contributed by atoms with Crippen molar-refractivity contribution in [2.24, 2.45) is 0 Å². The zero-order valence-corrected chi connectivity index (χ0v) is 13.5. The second-order valence-electron chi connectivity index (χ2n) is 4.69. The average molecular weight is 398 g/mol. The average Bonchev–Trinajstić information content (AvgIpc) is 2.33. The third kappa shape index (κ3) is 3.57. The van der Waals surface area contributed by atoms with Crippen LogP contribution in [0.3, 0.4) is 0 Å². The van der Waals surface area contributed by atoms with E-state index in [1.54, 1.807) is 0 Å². The van der Waals surface area contributed by atoms with Crippen molar-refractivity contribution >= 4 is 38.5 Å². The Labute approximate surface area is 126 Å². The van der Waals surface area contributed by atoms with E-state index in [1.807, 2.05) is 29.5 Å². The lowest BCUT2D eigenvalue weighted by molar-refractivity contribution is 0.270. The first kappa shape index (κ1) is 15.0. The number of piperidine rings is 1. The molecule has 0 saturated carbocycles. The largest absolute Gasteiger partial charge is 0.301 e. The molecule has 1 aliphatic heterocycles. The number of nitrogens with one attached hydrogen (secondary N) is 1. The van der Waals surface area contributed by atoms with Gasteiger partial charge in [-0.05, 0) is 60.6 Å². The summed E-state index contributed by atoms with van der Waals surface area (Å²) >= 11 is 1.92. The molecule has 1 aliphatic rings. The summed E-state index contributed by atoms with van der Waals surface area (Å²) < 4.78 is 42.2. The first-order chi connectivity index (χ1) is 8.90. The third-order valence-electron chi connectivity index (χ3n) is 3.22. The Balaban J connectivity index is 2.20. The molecule has 1 unspecified atom stereocenters. The molecular weight excluding hydrogens is 382 g/mol. The van der Waals surface area contributed by atoms with Crippen molar-refractivity contribution in [1.82, 2.24) is 4.31 Å². The van der Waals surface area contributed by atoms with Crippen LogP contribution in [0.4, 0.5) is 10.1 Å². The summed E-state index contributed by atoms with van der Waals surface area (Å²) in [7, 11) is -3.56. The first-order valence-electron chi connectivity index (χ1n) is 6.15. The van der Waals surface area contributed by atoms with Gasteiger partial charge in [0.2, 0.25) is 0 Å². The summed E-state index contributed by atoms with van der Waals surface area (Å²) in [4.78, 5) is 0. The van der Waals surface area contributed by atoms with Crippen LogP contribution >= 0.6 is 22.6 Å². The maximum absolute atomic E-state index is 13.0. The van der Waals surface area contributed by atoms with Gasteiger partial charge < -0.3 is 0 Å². The monoisotopic (exact) mass is 398 g/mol. The topological polar surface area (TPSA) is 49.4 Å². The van der Waals surface area contributed by atoms with Gasteiger partial charge in [-0.1, -0.05) is 6.42 Å². The molecule has 0 spiro atoms. The summed E-state index contributed by atoms with van der Waals surface area (Å²) in [6, 6.07) is 4.00. The fraction of sp³-hybridized carbons (Fsp3) is 0.500. The molecule has 2 rings (SSSR count). The van der Waals surface area contributed by atoms with E-state index in [-0.39, 0.29) is 11.9 Å². The number of rotatable bonds is 3. The molecule has 1 heterocycles. The SMILES string of the molecule is CC1CCCCN1S(=O)(=O)Nc1ccc(F)cc1I. The summed E-state index contributed by atoms with van der Waals surface area (Å²) in [6.07, 6.45) is 2.81. The van der Waals surface area contributed by atoms with Crippen LogP contribution in [-0.2, 0) is 10.2 Å². The Morgan fingerprint density at radius 1 is 1.42 bits per heavy atom. The van der Waals surface area contributed by atoms with E-state index < -0.39 is 10.2 Å². The van der Waals surface area contributed by atoms with Crippen molar-refractivity contribution < 1.29 is 12.8 Å². The summed E-state index contributed by atoms with van der Waals surface area (Å²) in [5.41, 5.74) is 0.416. The van der Waals surface area contributed by atoms with Gasteiger partial charge in [0.25, 0.3) is 0 Å². The van der Waals surface area contributed by atoms with Gasteiger partial charge in [0.1, 0.15) is 5.82 Å². The lowest BCUT2D eigenvalue weighted by atomic mass is 10.1. The Bertz CT molecular complexity index is 565. The normalized spacial score (nSPS) is 21.3. The second kappa shape index (κ2) is 5.92. The summed E-state index contributed by atoms with van der Waals surface area (Å²) in [5.74, 6) is -0.376. The van der Waals surface area contributed by atoms with Crippen LogP contribution in [0.15, 0.2) is 18.2 Å². The van der Waals surface area contributed by atoms with Crippen molar-refractivity contribution in [3.63, 3.8) is 0 Å². The van der Waals surface area contributed by atoms with Crippen LogP contribution in [0.2, 0.25) is 0 Å². The van der Waals surface area contributed by atoms with Crippen molar-refractivity contribution in [2.45, 2.75) is 32.2 Å². The number of hydrogen-bond acceptors (Lipinski definition) is 2. The molecule has 1 fully saturated rings. The van der Waals surface area contributed by atoms with Crippen LogP contribution in [0.5, 0.6) is 0 Å². The highest BCUT2D eigenvalue weighted by Gasteiger charge is 2.29. The summed E-state index contributed by atoms with van der Waals surface area (Å²) in [5, 5.41) is 0. The molecule has 0 aromatic heterocycles. The highest BCUT2D eigenvalue weighted by Crippen LogP contribution is 2.24. The maximum atomic E-state index is 13.0. The molecule has 0 amide bonds. The second-order valence-corrected chi connectivity index (χ2v) is 7.47. The van der Waals surface area contributed by atoms with Crippen molar-refractivity contribution in [1.29, 1.82) is 0 Å². The highest BCUT2D eigenvalue weighted by molar-refractivity contribution is 14.1. The van der Waals surface area contributed by atoms with Gasteiger partial charge in [-0.25, -0.2) is 4.39 Å². The van der Waals surface area contributed by atoms with Gasteiger partial charge in [0.05, 0.1) is 5.69 Å². The number of benzene rings is 1. The predicted molar refractivity (Wildman–Crippen MR) is 81.7 cm³/mol. The Morgan fingerprint density at radius 3 is 2.79 bits per heavy atom. The van der Waals surface area contributed by atoms with E-state index in [1.165, 1.54) is 22.5 Å². The van der Waals surface area contributed by atoms with Gasteiger partial charge in [0, 0.05) is 16.2 Å². The quantitative estimate of drug-likeness (QED) is 0.797. The van der Waals surface area contributed by atoms with Crippen LogP contribution in [0.1, 0.15) is 26.2 Å². The van der Waals surface area contributed by atoms with E-state index in [0.29, 0.717) is 15.8 Å². The zero-order chi connectivity index (χ0) is 14.0. The molecule has 106 valence electrons. The summed E-state index contributed by atoms with van der Waals surface area (Å²) in [6.45, 7) is 2.45. The Hall–Kier alpha value is -0.410. The molecule has 0 aliphatic carbocycles. The lowest BCUT2D eigenvalue weighted by Gasteiger charge is -2.32. The first-order valence-corrected chi connectivity index (χ1v) is 8.66. The van der Waals surface area contributed by atoms with E-state index in [2.05, 4.69) is 4.72 Å². The molecule has 1 aromatic rings. The van der Waals surface area contributed by atoms with Gasteiger partial charge in [-0.3, -0.25) is 4.72 Å². The Morgan fingerprint density at radius 2 is 2.16 bits per heavy atom. The predicted octanol–water partition coefficient (Wildman–Crippen LogP) is 2.96. The number of hydrogen-bond donors (Lipinski definition) is 1. The van der Waals surface area contributed by atoms with Crippen LogP contribution < -0.4 is 4.72 Å². The highest BCUT2D eigenvalue weighted by atomic mass is 127. The maximum Gasteiger partial charge on any atom is 0.301 e. The smallest absolute Gasteiger partial charge is 0.270 e. The minimum atomic E-state index is -3.56. The molecule has 19 heavy (non-hydrogen) atoms. The van der Waals surface area contributed by atoms with E-state index >= 15 is 0 Å². The van der Waals surface area contributed by atoms with Crippen LogP contribution in [0, 0.1) is 9.39 Å². The van der Waals surface area contributed by atoms with Gasteiger partial charge >= 0.3 is 10.2 Å². The van der Waals surface area contributed by atoms with E-state index in [9.17, 15) is 12.8 Å². The molecule has 1 saturated heterocycles. The molecule has 0 bridgehead atoms. The minimum Gasteiger partial charge on any atom is -0.270 e. The zero-order valence-electron chi connectivity index (χ0n) is 10.6. The minimum absolute atomic E-state index is 0.00404. The fourth-order valence-electron chi connectivity index (χ4n) is 2.20.